The van der Waals surface area contributed by atoms with E-state index in [9.17, 15) is 4.79 Å². The average molecular weight is 553 g/mol. The van der Waals surface area contributed by atoms with Crippen LogP contribution < -0.4 is 4.74 Å². The predicted octanol–water partition coefficient (Wildman–Crippen LogP) is 4.47. The minimum Gasteiger partial charge on any atom is -0.494 e. The van der Waals surface area contributed by atoms with Gasteiger partial charge in [-0.15, -0.1) is 0 Å². The molecule has 0 radical (unpaired) electrons. The van der Waals surface area contributed by atoms with Gasteiger partial charge in [0.15, 0.2) is 0 Å². The van der Waals surface area contributed by atoms with E-state index in [-0.39, 0.29) is 5.91 Å². The van der Waals surface area contributed by atoms with E-state index in [1.807, 2.05) is 59.6 Å². The van der Waals surface area contributed by atoms with Crippen molar-refractivity contribution in [3.63, 3.8) is 0 Å². The van der Waals surface area contributed by atoms with Gasteiger partial charge in [-0.3, -0.25) is 14.7 Å². The van der Waals surface area contributed by atoms with Gasteiger partial charge in [0.05, 0.1) is 62.4 Å². The highest BCUT2D eigenvalue weighted by Crippen LogP contribution is 2.29. The molecule has 212 valence electrons. The standard InChI is InChI=1S/C33H36N4O4/c38-32(37-16-21-40-22-17-37)23-25-5-7-26(8-6-25)29-3-1-4-30-33(29)35-31(24-34-30)27-9-11-28(12-10-27)41-18-2-13-36-14-19-39-20-15-36/h1,3-12,24H,2,13-23H2. The summed E-state index contributed by atoms with van der Waals surface area (Å²) in [6, 6.07) is 22.3. The van der Waals surface area contributed by atoms with Crippen molar-refractivity contribution in [1.29, 1.82) is 0 Å². The number of aromatic nitrogens is 2. The molecular weight excluding hydrogens is 516 g/mol. The van der Waals surface area contributed by atoms with Crippen LogP contribution in [0.4, 0.5) is 0 Å². The second kappa shape index (κ2) is 13.2. The summed E-state index contributed by atoms with van der Waals surface area (Å²) in [6.07, 6.45) is 3.21. The van der Waals surface area contributed by atoms with Crippen LogP contribution in [0.3, 0.4) is 0 Å². The molecule has 41 heavy (non-hydrogen) atoms. The molecule has 2 saturated heterocycles. The first kappa shape index (κ1) is 27.3. The molecule has 0 saturated carbocycles. The minimum atomic E-state index is 0.145. The molecular formula is C33H36N4O4. The molecule has 2 aliphatic rings. The van der Waals surface area contributed by atoms with Gasteiger partial charge in [0.2, 0.25) is 5.91 Å². The fraction of sp³-hybridized carbons (Fsp3) is 0.364. The maximum atomic E-state index is 12.7. The van der Waals surface area contributed by atoms with E-state index < -0.39 is 0 Å². The van der Waals surface area contributed by atoms with Gasteiger partial charge in [-0.05, 0) is 47.9 Å². The highest BCUT2D eigenvalue weighted by atomic mass is 16.5. The monoisotopic (exact) mass is 552 g/mol. The van der Waals surface area contributed by atoms with Crippen LogP contribution >= 0.6 is 0 Å². The number of hydrogen-bond acceptors (Lipinski definition) is 7. The molecule has 8 nitrogen and oxygen atoms in total. The van der Waals surface area contributed by atoms with Crippen molar-refractivity contribution in [3.8, 4) is 28.1 Å². The lowest BCUT2D eigenvalue weighted by atomic mass is 10.0. The fourth-order valence-corrected chi connectivity index (χ4v) is 5.33. The highest BCUT2D eigenvalue weighted by molar-refractivity contribution is 5.92. The molecule has 6 rings (SSSR count). The topological polar surface area (TPSA) is 77.0 Å². The van der Waals surface area contributed by atoms with Gasteiger partial charge in [-0.2, -0.15) is 0 Å². The predicted molar refractivity (Wildman–Crippen MR) is 159 cm³/mol. The number of morpholine rings is 2. The van der Waals surface area contributed by atoms with Gasteiger partial charge in [0.25, 0.3) is 0 Å². The molecule has 3 heterocycles. The SMILES string of the molecule is O=C(Cc1ccc(-c2cccc3ncc(-c4ccc(OCCCN5CCOCC5)cc4)nc23)cc1)N1CCOCC1. The molecule has 4 aromatic rings. The van der Waals surface area contributed by atoms with Crippen LogP contribution in [0.2, 0.25) is 0 Å². The van der Waals surface area contributed by atoms with E-state index in [0.29, 0.717) is 39.3 Å². The van der Waals surface area contributed by atoms with Crippen LogP contribution in [-0.2, 0) is 20.7 Å². The molecule has 0 atom stereocenters. The van der Waals surface area contributed by atoms with Gasteiger partial charge in [-0.1, -0.05) is 36.4 Å². The van der Waals surface area contributed by atoms with Gasteiger partial charge in [0, 0.05) is 43.9 Å². The van der Waals surface area contributed by atoms with Crippen LogP contribution in [-0.4, -0.2) is 91.4 Å². The highest BCUT2D eigenvalue weighted by Gasteiger charge is 2.17. The summed E-state index contributed by atoms with van der Waals surface area (Å²) in [5, 5.41) is 0. The molecule has 0 bridgehead atoms. The first-order valence-corrected chi connectivity index (χ1v) is 14.5. The Labute approximate surface area is 240 Å². The largest absolute Gasteiger partial charge is 0.494 e. The van der Waals surface area contributed by atoms with Crippen molar-refractivity contribution in [1.82, 2.24) is 19.8 Å². The van der Waals surface area contributed by atoms with E-state index in [0.717, 1.165) is 84.0 Å². The Morgan fingerprint density at radius 3 is 2.29 bits per heavy atom. The van der Waals surface area contributed by atoms with Crippen LogP contribution in [0, 0.1) is 0 Å². The molecule has 1 amide bonds. The zero-order valence-electron chi connectivity index (χ0n) is 23.3. The lowest BCUT2D eigenvalue weighted by Gasteiger charge is -2.26. The number of benzene rings is 3. The Balaban J connectivity index is 1.12. The fourth-order valence-electron chi connectivity index (χ4n) is 5.33. The Bertz CT molecular complexity index is 1450. The summed E-state index contributed by atoms with van der Waals surface area (Å²) in [7, 11) is 0. The van der Waals surface area contributed by atoms with Crippen molar-refractivity contribution in [3.05, 3.63) is 78.5 Å². The van der Waals surface area contributed by atoms with Gasteiger partial charge in [-0.25, -0.2) is 4.98 Å². The van der Waals surface area contributed by atoms with Gasteiger partial charge in [0.1, 0.15) is 5.75 Å². The maximum Gasteiger partial charge on any atom is 0.227 e. The van der Waals surface area contributed by atoms with Crippen LogP contribution in [0.25, 0.3) is 33.4 Å². The summed E-state index contributed by atoms with van der Waals surface area (Å²) >= 11 is 0. The van der Waals surface area contributed by atoms with Crippen molar-refractivity contribution in [2.45, 2.75) is 12.8 Å². The van der Waals surface area contributed by atoms with E-state index in [1.165, 1.54) is 0 Å². The van der Waals surface area contributed by atoms with Crippen molar-refractivity contribution >= 4 is 16.9 Å². The maximum absolute atomic E-state index is 12.7. The van der Waals surface area contributed by atoms with Crippen LogP contribution in [0.15, 0.2) is 72.9 Å². The third-order valence-electron chi connectivity index (χ3n) is 7.70. The number of fused-ring (bicyclic) bond motifs is 1. The first-order valence-electron chi connectivity index (χ1n) is 14.5. The van der Waals surface area contributed by atoms with Crippen molar-refractivity contribution in [2.24, 2.45) is 0 Å². The molecule has 0 spiro atoms. The number of amides is 1. The number of carbonyl (C=O) groups excluding carboxylic acids is 1. The lowest BCUT2D eigenvalue weighted by Crippen LogP contribution is -2.41. The van der Waals surface area contributed by atoms with Gasteiger partial charge >= 0.3 is 0 Å². The number of ether oxygens (including phenoxy) is 3. The minimum absolute atomic E-state index is 0.145. The molecule has 2 fully saturated rings. The van der Waals surface area contributed by atoms with Crippen LogP contribution in [0.5, 0.6) is 5.75 Å². The van der Waals surface area contributed by atoms with E-state index in [4.69, 9.17) is 24.2 Å². The Morgan fingerprint density at radius 2 is 1.54 bits per heavy atom. The second-order valence-corrected chi connectivity index (χ2v) is 10.5. The smallest absolute Gasteiger partial charge is 0.227 e. The molecule has 0 aliphatic carbocycles. The quantitative estimate of drug-likeness (QED) is 0.284. The summed E-state index contributed by atoms with van der Waals surface area (Å²) < 4.78 is 16.8. The van der Waals surface area contributed by atoms with E-state index in [2.05, 4.69) is 23.1 Å². The summed E-state index contributed by atoms with van der Waals surface area (Å²) in [5.74, 6) is 1.00. The third kappa shape index (κ3) is 6.90. The lowest BCUT2D eigenvalue weighted by molar-refractivity contribution is -0.134. The number of nitrogens with zero attached hydrogens (tertiary/aromatic N) is 4. The molecule has 3 aromatic carbocycles. The molecule has 0 N–H and O–H groups in total. The van der Waals surface area contributed by atoms with Gasteiger partial charge < -0.3 is 19.1 Å². The Hall–Kier alpha value is -3.85. The average Bonchev–Trinajstić information content (AvgIpc) is 3.04. The molecule has 1 aromatic heterocycles. The number of para-hydroxylation sites is 1. The van der Waals surface area contributed by atoms with Crippen molar-refractivity contribution in [2.75, 3.05) is 65.8 Å². The van der Waals surface area contributed by atoms with Crippen molar-refractivity contribution < 1.29 is 19.0 Å². The summed E-state index contributed by atoms with van der Waals surface area (Å²) in [4.78, 5) is 26.7. The molecule has 2 aliphatic heterocycles. The van der Waals surface area contributed by atoms with Crippen LogP contribution in [0.1, 0.15) is 12.0 Å². The Kier molecular flexibility index (Phi) is 8.80. The Morgan fingerprint density at radius 1 is 0.829 bits per heavy atom. The number of hydrogen-bond donors (Lipinski definition) is 0. The molecule has 8 heteroatoms. The summed E-state index contributed by atoms with van der Waals surface area (Å²) in [6.45, 7) is 7.94. The summed E-state index contributed by atoms with van der Waals surface area (Å²) in [5.41, 5.74) is 6.57. The van der Waals surface area contributed by atoms with E-state index in [1.54, 1.807) is 0 Å². The molecule has 0 unspecified atom stereocenters. The zero-order valence-corrected chi connectivity index (χ0v) is 23.3. The second-order valence-electron chi connectivity index (χ2n) is 10.5. The number of carbonyl (C=O) groups is 1. The number of rotatable bonds is 9. The third-order valence-corrected chi connectivity index (χ3v) is 7.70. The van der Waals surface area contributed by atoms with E-state index >= 15 is 0 Å². The zero-order chi connectivity index (χ0) is 27.9. The first-order chi connectivity index (χ1) is 20.2. The normalized spacial score (nSPS) is 16.1.